The van der Waals surface area contributed by atoms with Crippen molar-refractivity contribution in [2.45, 2.75) is 51.0 Å². The molecule has 0 spiro atoms. The first-order chi connectivity index (χ1) is 9.85. The minimum atomic E-state index is 0.520. The topological polar surface area (TPSA) is 21.3 Å². The monoisotopic (exact) mass is 273 g/mol. The van der Waals surface area contributed by atoms with Crippen LogP contribution in [0.25, 0.3) is 0 Å². The normalized spacial score (nSPS) is 17.6. The smallest absolute Gasteiger partial charge is 0.119 e. The van der Waals surface area contributed by atoms with E-state index < -0.39 is 0 Å². The SMILES string of the molecule is C=CCCCCCOc1ccc2c(c1)CCCC2NC. The van der Waals surface area contributed by atoms with Crippen molar-refractivity contribution in [3.05, 3.63) is 42.0 Å². The van der Waals surface area contributed by atoms with Gasteiger partial charge in [0.2, 0.25) is 0 Å². The van der Waals surface area contributed by atoms with Crippen LogP contribution in [0.1, 0.15) is 55.7 Å². The van der Waals surface area contributed by atoms with Gasteiger partial charge in [-0.25, -0.2) is 0 Å². The van der Waals surface area contributed by atoms with Gasteiger partial charge in [-0.3, -0.25) is 0 Å². The Morgan fingerprint density at radius 3 is 3.05 bits per heavy atom. The number of fused-ring (bicyclic) bond motifs is 1. The predicted molar refractivity (Wildman–Crippen MR) is 85.3 cm³/mol. The molecule has 20 heavy (non-hydrogen) atoms. The van der Waals surface area contributed by atoms with Crippen molar-refractivity contribution in [1.29, 1.82) is 0 Å². The highest BCUT2D eigenvalue weighted by atomic mass is 16.5. The van der Waals surface area contributed by atoms with Gasteiger partial charge in [-0.15, -0.1) is 6.58 Å². The lowest BCUT2D eigenvalue weighted by Gasteiger charge is -2.25. The van der Waals surface area contributed by atoms with E-state index >= 15 is 0 Å². The Morgan fingerprint density at radius 1 is 1.35 bits per heavy atom. The highest BCUT2D eigenvalue weighted by Crippen LogP contribution is 2.31. The standard InChI is InChI=1S/C18H27NO/c1-3-4-5-6-7-13-20-16-11-12-17-15(14-16)9-8-10-18(17)19-2/h3,11-12,14,18-19H,1,4-10,13H2,2H3. The molecule has 0 aliphatic heterocycles. The van der Waals surface area contributed by atoms with Crippen LogP contribution in [0.4, 0.5) is 0 Å². The zero-order chi connectivity index (χ0) is 14.2. The maximum atomic E-state index is 5.87. The van der Waals surface area contributed by atoms with Crippen molar-refractivity contribution < 1.29 is 4.74 Å². The van der Waals surface area contributed by atoms with Gasteiger partial charge in [0.15, 0.2) is 0 Å². The first-order valence-corrected chi connectivity index (χ1v) is 7.89. The Hall–Kier alpha value is -1.28. The van der Waals surface area contributed by atoms with E-state index in [4.69, 9.17) is 4.74 Å². The molecule has 0 fully saturated rings. The summed E-state index contributed by atoms with van der Waals surface area (Å²) in [7, 11) is 2.05. The second kappa shape index (κ2) is 8.11. The van der Waals surface area contributed by atoms with Crippen LogP contribution in [0.2, 0.25) is 0 Å². The average Bonchev–Trinajstić information content (AvgIpc) is 2.50. The molecule has 1 unspecified atom stereocenters. The molecule has 2 nitrogen and oxygen atoms in total. The van der Waals surface area contributed by atoms with Crippen LogP contribution in [0.5, 0.6) is 5.75 Å². The first kappa shape index (κ1) is 15.1. The third-order valence-electron chi connectivity index (χ3n) is 4.10. The van der Waals surface area contributed by atoms with Crippen molar-refractivity contribution in [2.24, 2.45) is 0 Å². The zero-order valence-corrected chi connectivity index (χ0v) is 12.7. The minimum Gasteiger partial charge on any atom is -0.494 e. The molecule has 1 N–H and O–H groups in total. The Balaban J connectivity index is 1.83. The number of rotatable bonds is 8. The Kier molecular flexibility index (Phi) is 6.13. The molecule has 0 saturated heterocycles. The van der Waals surface area contributed by atoms with Crippen LogP contribution in [0.15, 0.2) is 30.9 Å². The quantitative estimate of drug-likeness (QED) is 0.559. The van der Waals surface area contributed by atoms with E-state index in [2.05, 4.69) is 30.1 Å². The number of hydrogen-bond acceptors (Lipinski definition) is 2. The molecular formula is C18H27NO. The summed E-state index contributed by atoms with van der Waals surface area (Å²) in [5.74, 6) is 1.03. The van der Waals surface area contributed by atoms with Gasteiger partial charge in [-0.1, -0.05) is 12.1 Å². The number of ether oxygens (including phenoxy) is 1. The fourth-order valence-corrected chi connectivity index (χ4v) is 2.94. The molecule has 1 atom stereocenters. The lowest BCUT2D eigenvalue weighted by atomic mass is 9.87. The maximum absolute atomic E-state index is 5.87. The van der Waals surface area contributed by atoms with Gasteiger partial charge in [0.05, 0.1) is 6.61 Å². The van der Waals surface area contributed by atoms with E-state index in [0.29, 0.717) is 6.04 Å². The third-order valence-corrected chi connectivity index (χ3v) is 4.10. The van der Waals surface area contributed by atoms with Gasteiger partial charge < -0.3 is 10.1 Å². The van der Waals surface area contributed by atoms with E-state index in [9.17, 15) is 0 Å². The van der Waals surface area contributed by atoms with Gasteiger partial charge in [-0.05, 0) is 75.3 Å². The van der Waals surface area contributed by atoms with Crippen LogP contribution in [0.3, 0.4) is 0 Å². The Bertz CT molecular complexity index is 427. The second-order valence-electron chi connectivity index (χ2n) is 5.58. The molecule has 1 aliphatic rings. The molecule has 0 saturated carbocycles. The fraction of sp³-hybridized carbons (Fsp3) is 0.556. The molecule has 0 heterocycles. The highest BCUT2D eigenvalue weighted by Gasteiger charge is 2.18. The van der Waals surface area contributed by atoms with E-state index in [0.717, 1.165) is 25.2 Å². The number of allylic oxidation sites excluding steroid dienone is 1. The Labute approximate surface area is 123 Å². The van der Waals surface area contributed by atoms with Crippen molar-refractivity contribution in [3.8, 4) is 5.75 Å². The summed E-state index contributed by atoms with van der Waals surface area (Å²) in [6, 6.07) is 7.12. The summed E-state index contributed by atoms with van der Waals surface area (Å²) in [5.41, 5.74) is 2.91. The summed E-state index contributed by atoms with van der Waals surface area (Å²) >= 11 is 0. The molecule has 0 radical (unpaired) electrons. The molecule has 1 aromatic rings. The van der Waals surface area contributed by atoms with Crippen LogP contribution in [-0.2, 0) is 6.42 Å². The molecule has 2 heteroatoms. The zero-order valence-electron chi connectivity index (χ0n) is 12.7. The minimum absolute atomic E-state index is 0.520. The van der Waals surface area contributed by atoms with E-state index in [1.807, 2.05) is 13.1 Å². The molecule has 0 bridgehead atoms. The van der Waals surface area contributed by atoms with E-state index in [1.54, 1.807) is 0 Å². The number of hydrogen-bond donors (Lipinski definition) is 1. The van der Waals surface area contributed by atoms with Gasteiger partial charge in [0.25, 0.3) is 0 Å². The van der Waals surface area contributed by atoms with Crippen molar-refractivity contribution >= 4 is 0 Å². The van der Waals surface area contributed by atoms with Gasteiger partial charge in [-0.2, -0.15) is 0 Å². The van der Waals surface area contributed by atoms with Crippen LogP contribution >= 0.6 is 0 Å². The van der Waals surface area contributed by atoms with E-state index in [1.165, 1.54) is 43.2 Å². The summed E-state index contributed by atoms with van der Waals surface area (Å²) in [6.45, 7) is 4.57. The van der Waals surface area contributed by atoms with Crippen LogP contribution in [0, 0.1) is 0 Å². The summed E-state index contributed by atoms with van der Waals surface area (Å²) in [6.07, 6.45) is 10.4. The van der Waals surface area contributed by atoms with Crippen molar-refractivity contribution in [2.75, 3.05) is 13.7 Å². The average molecular weight is 273 g/mol. The maximum Gasteiger partial charge on any atom is 0.119 e. The lowest BCUT2D eigenvalue weighted by Crippen LogP contribution is -2.21. The lowest BCUT2D eigenvalue weighted by molar-refractivity contribution is 0.304. The summed E-state index contributed by atoms with van der Waals surface area (Å²) < 4.78 is 5.87. The third kappa shape index (κ3) is 4.11. The fourth-order valence-electron chi connectivity index (χ4n) is 2.94. The molecule has 0 aromatic heterocycles. The molecule has 1 aliphatic carbocycles. The van der Waals surface area contributed by atoms with Crippen molar-refractivity contribution in [1.82, 2.24) is 5.32 Å². The molecule has 110 valence electrons. The van der Waals surface area contributed by atoms with E-state index in [-0.39, 0.29) is 0 Å². The van der Waals surface area contributed by atoms with Crippen LogP contribution in [-0.4, -0.2) is 13.7 Å². The molecule has 2 rings (SSSR count). The highest BCUT2D eigenvalue weighted by molar-refractivity contribution is 5.39. The van der Waals surface area contributed by atoms with Crippen LogP contribution < -0.4 is 10.1 Å². The molecule has 0 amide bonds. The van der Waals surface area contributed by atoms with Gasteiger partial charge in [0.1, 0.15) is 5.75 Å². The Morgan fingerprint density at radius 2 is 2.25 bits per heavy atom. The number of unbranched alkanes of at least 4 members (excludes halogenated alkanes) is 3. The number of benzene rings is 1. The first-order valence-electron chi connectivity index (χ1n) is 7.89. The predicted octanol–water partition coefficient (Wildman–Crippen LogP) is 4.41. The van der Waals surface area contributed by atoms with Gasteiger partial charge >= 0.3 is 0 Å². The summed E-state index contributed by atoms with van der Waals surface area (Å²) in [5, 5.41) is 3.40. The number of nitrogens with one attached hydrogen (secondary N) is 1. The molecule has 1 aromatic carbocycles. The van der Waals surface area contributed by atoms with Gasteiger partial charge in [0, 0.05) is 6.04 Å². The second-order valence-corrected chi connectivity index (χ2v) is 5.58. The van der Waals surface area contributed by atoms with Crippen molar-refractivity contribution in [3.63, 3.8) is 0 Å². The molecular weight excluding hydrogens is 246 g/mol. The largest absolute Gasteiger partial charge is 0.494 e. The summed E-state index contributed by atoms with van der Waals surface area (Å²) in [4.78, 5) is 0. The number of aryl methyl sites for hydroxylation is 1.